The third-order valence-electron chi connectivity index (χ3n) is 4.84. The van der Waals surface area contributed by atoms with E-state index < -0.39 is 10.0 Å². The van der Waals surface area contributed by atoms with Gasteiger partial charge in [-0.25, -0.2) is 8.42 Å². The van der Waals surface area contributed by atoms with Crippen LogP contribution in [0.3, 0.4) is 0 Å². The quantitative estimate of drug-likeness (QED) is 0.357. The fraction of sp³-hybridized carbons (Fsp3) is 0.0435. The average molecular weight is 440 g/mol. The monoisotopic (exact) mass is 439 g/mol. The molecule has 4 aromatic rings. The van der Waals surface area contributed by atoms with Crippen molar-refractivity contribution < 1.29 is 18.6 Å². The molecule has 0 heterocycles. The third-order valence-corrected chi connectivity index (χ3v) is 6.55. The average Bonchev–Trinajstić information content (AvgIpc) is 2.72. The fourth-order valence-corrected chi connectivity index (χ4v) is 4.59. The second-order valence-corrected chi connectivity index (χ2v) is 9.04. The number of fused-ring (bicyclic) bond motifs is 1. The zero-order valence-corrected chi connectivity index (χ0v) is 17.5. The molecule has 0 aromatic heterocycles. The van der Waals surface area contributed by atoms with Crippen molar-refractivity contribution in [3.63, 3.8) is 0 Å². The Kier molecular flexibility index (Phi) is 5.05. The van der Waals surface area contributed by atoms with Gasteiger partial charge in [-0.3, -0.25) is 4.72 Å². The van der Waals surface area contributed by atoms with Crippen molar-refractivity contribution >= 4 is 38.1 Å². The number of aromatic hydroxyl groups is 2. The number of benzene rings is 4. The summed E-state index contributed by atoms with van der Waals surface area (Å²) in [4.78, 5) is 0.124. The van der Waals surface area contributed by atoms with E-state index >= 15 is 0 Å². The Morgan fingerprint density at radius 3 is 2.20 bits per heavy atom. The Bertz CT molecular complexity index is 1370. The summed E-state index contributed by atoms with van der Waals surface area (Å²) in [7, 11) is -3.82. The van der Waals surface area contributed by atoms with Crippen molar-refractivity contribution in [2.75, 3.05) is 4.72 Å². The number of nitrogens with one attached hydrogen (secondary N) is 1. The van der Waals surface area contributed by atoms with Crippen molar-refractivity contribution in [2.45, 2.75) is 11.8 Å². The van der Waals surface area contributed by atoms with Crippen molar-refractivity contribution in [3.8, 4) is 22.6 Å². The van der Waals surface area contributed by atoms with Gasteiger partial charge >= 0.3 is 0 Å². The number of aryl methyl sites for hydroxylation is 1. The molecule has 0 saturated heterocycles. The lowest BCUT2D eigenvalue weighted by Gasteiger charge is -2.14. The van der Waals surface area contributed by atoms with Crippen LogP contribution in [0.2, 0.25) is 5.02 Å². The van der Waals surface area contributed by atoms with Crippen LogP contribution in [0.4, 0.5) is 5.69 Å². The first-order chi connectivity index (χ1) is 14.3. The number of phenolic OH excluding ortho intramolecular Hbond substituents is 2. The summed E-state index contributed by atoms with van der Waals surface area (Å²) < 4.78 is 27.9. The fourth-order valence-electron chi connectivity index (χ4n) is 3.27. The number of rotatable bonds is 4. The predicted octanol–water partition coefficient (Wildman–Crippen LogP) is 5.68. The minimum atomic E-state index is -3.82. The van der Waals surface area contributed by atoms with E-state index in [1.807, 2.05) is 13.0 Å². The molecule has 0 aliphatic rings. The number of sulfonamides is 1. The molecule has 0 spiro atoms. The second kappa shape index (κ2) is 7.55. The molecule has 3 N–H and O–H groups in total. The van der Waals surface area contributed by atoms with Crippen LogP contribution in [0, 0.1) is 6.92 Å². The maximum absolute atomic E-state index is 12.7. The molecule has 0 unspecified atom stereocenters. The first-order valence-electron chi connectivity index (χ1n) is 9.09. The van der Waals surface area contributed by atoms with E-state index in [4.69, 9.17) is 11.6 Å². The number of hydrogen-bond donors (Lipinski definition) is 3. The lowest BCUT2D eigenvalue weighted by molar-refractivity contribution is 0.472. The molecule has 4 aromatic carbocycles. The highest BCUT2D eigenvalue weighted by Gasteiger charge is 2.18. The first kappa shape index (κ1) is 20.1. The largest absolute Gasteiger partial charge is 0.507 e. The topological polar surface area (TPSA) is 86.6 Å². The zero-order valence-electron chi connectivity index (χ0n) is 15.9. The highest BCUT2D eigenvalue weighted by Crippen LogP contribution is 2.43. The van der Waals surface area contributed by atoms with Crippen LogP contribution in [-0.2, 0) is 10.0 Å². The highest BCUT2D eigenvalue weighted by molar-refractivity contribution is 7.92. The Morgan fingerprint density at radius 1 is 0.833 bits per heavy atom. The summed E-state index contributed by atoms with van der Waals surface area (Å²) in [5.41, 5.74) is 1.74. The first-order valence-corrected chi connectivity index (χ1v) is 11.0. The minimum absolute atomic E-state index is 0.0520. The summed E-state index contributed by atoms with van der Waals surface area (Å²) in [5.74, 6) is -0.168. The molecular formula is C23H18ClNO4S. The van der Waals surface area contributed by atoms with Crippen LogP contribution in [0.5, 0.6) is 11.5 Å². The summed E-state index contributed by atoms with van der Waals surface area (Å²) in [6.45, 7) is 1.87. The van der Waals surface area contributed by atoms with Crippen LogP contribution in [0.15, 0.2) is 77.7 Å². The van der Waals surface area contributed by atoms with Gasteiger partial charge in [-0.1, -0.05) is 53.6 Å². The maximum Gasteiger partial charge on any atom is 0.261 e. The standard InChI is InChI=1S/C23H18ClNO4S/c1-14-6-9-16(10-7-14)30(28,29)25-15-8-11-22(26)19(12-15)20-13-21(24)17-4-2-3-5-18(17)23(20)27/h2-13,25-27H,1H3. The van der Waals surface area contributed by atoms with E-state index in [0.29, 0.717) is 21.4 Å². The third kappa shape index (κ3) is 3.67. The molecule has 0 bridgehead atoms. The zero-order chi connectivity index (χ0) is 21.5. The molecule has 4 rings (SSSR count). The van der Waals surface area contributed by atoms with Crippen LogP contribution in [-0.4, -0.2) is 18.6 Å². The van der Waals surface area contributed by atoms with E-state index in [1.54, 1.807) is 36.4 Å². The molecule has 7 heteroatoms. The van der Waals surface area contributed by atoms with Crippen LogP contribution in [0.1, 0.15) is 5.56 Å². The van der Waals surface area contributed by atoms with Gasteiger partial charge in [0.15, 0.2) is 0 Å². The number of halogens is 1. The molecule has 0 aliphatic heterocycles. The normalized spacial score (nSPS) is 11.5. The Labute approximate surface area is 179 Å². The van der Waals surface area contributed by atoms with Crippen LogP contribution < -0.4 is 4.72 Å². The maximum atomic E-state index is 12.7. The summed E-state index contributed by atoms with van der Waals surface area (Å²) in [6, 6.07) is 19.4. The number of anilines is 1. The van der Waals surface area contributed by atoms with Gasteiger partial charge < -0.3 is 10.2 Å². The van der Waals surface area contributed by atoms with E-state index in [2.05, 4.69) is 4.72 Å². The van der Waals surface area contributed by atoms with Crippen molar-refractivity contribution in [3.05, 3.63) is 83.4 Å². The van der Waals surface area contributed by atoms with Gasteiger partial charge in [0.2, 0.25) is 0 Å². The lowest BCUT2D eigenvalue weighted by Crippen LogP contribution is -2.12. The van der Waals surface area contributed by atoms with Gasteiger partial charge in [0.05, 0.1) is 4.90 Å². The molecule has 5 nitrogen and oxygen atoms in total. The van der Waals surface area contributed by atoms with Crippen molar-refractivity contribution in [2.24, 2.45) is 0 Å². The molecule has 30 heavy (non-hydrogen) atoms. The molecule has 0 amide bonds. The SMILES string of the molecule is Cc1ccc(S(=O)(=O)Nc2ccc(O)c(-c3cc(Cl)c4ccccc4c3O)c2)cc1. The second-order valence-electron chi connectivity index (χ2n) is 6.95. The van der Waals surface area contributed by atoms with Crippen molar-refractivity contribution in [1.29, 1.82) is 0 Å². The van der Waals surface area contributed by atoms with Gasteiger partial charge in [-0.2, -0.15) is 0 Å². The molecule has 0 atom stereocenters. The van der Waals surface area contributed by atoms with Gasteiger partial charge in [0.1, 0.15) is 11.5 Å². The van der Waals surface area contributed by atoms with E-state index in [1.165, 1.54) is 30.3 Å². The van der Waals surface area contributed by atoms with Gasteiger partial charge in [-0.15, -0.1) is 0 Å². The smallest absolute Gasteiger partial charge is 0.261 e. The molecule has 0 radical (unpaired) electrons. The Morgan fingerprint density at radius 2 is 1.50 bits per heavy atom. The molecule has 152 valence electrons. The van der Waals surface area contributed by atoms with Crippen LogP contribution >= 0.6 is 11.6 Å². The highest BCUT2D eigenvalue weighted by atomic mass is 35.5. The summed E-state index contributed by atoms with van der Waals surface area (Å²) >= 11 is 6.37. The molecule has 0 saturated carbocycles. The van der Waals surface area contributed by atoms with E-state index in [0.717, 1.165) is 5.56 Å². The minimum Gasteiger partial charge on any atom is -0.507 e. The van der Waals surface area contributed by atoms with Gasteiger partial charge in [-0.05, 0) is 43.3 Å². The summed E-state index contributed by atoms with van der Waals surface area (Å²) in [5, 5.41) is 22.8. The van der Waals surface area contributed by atoms with E-state index in [9.17, 15) is 18.6 Å². The van der Waals surface area contributed by atoms with Gasteiger partial charge in [0.25, 0.3) is 10.0 Å². The molecule has 0 aliphatic carbocycles. The Balaban J connectivity index is 1.79. The molecule has 0 fully saturated rings. The predicted molar refractivity (Wildman–Crippen MR) is 120 cm³/mol. The molecular weight excluding hydrogens is 422 g/mol. The van der Waals surface area contributed by atoms with Crippen molar-refractivity contribution in [1.82, 2.24) is 0 Å². The number of hydrogen-bond acceptors (Lipinski definition) is 4. The number of phenols is 2. The van der Waals surface area contributed by atoms with E-state index in [-0.39, 0.29) is 27.6 Å². The summed E-state index contributed by atoms with van der Waals surface area (Å²) in [6.07, 6.45) is 0. The van der Waals surface area contributed by atoms with Crippen LogP contribution in [0.25, 0.3) is 21.9 Å². The lowest BCUT2D eigenvalue weighted by atomic mass is 9.98. The Hall–Kier alpha value is -3.22. The van der Waals surface area contributed by atoms with Gasteiger partial charge in [0, 0.05) is 32.6 Å².